The van der Waals surface area contributed by atoms with Gasteiger partial charge in [-0.25, -0.2) is 0 Å². The van der Waals surface area contributed by atoms with Gasteiger partial charge in [-0.05, 0) is 49.2 Å². The predicted molar refractivity (Wildman–Crippen MR) is 106 cm³/mol. The summed E-state index contributed by atoms with van der Waals surface area (Å²) in [5, 5.41) is 5.64. The van der Waals surface area contributed by atoms with Crippen LogP contribution in [0.5, 0.6) is 5.75 Å². The van der Waals surface area contributed by atoms with Crippen molar-refractivity contribution in [3.8, 4) is 5.75 Å². The second-order valence-corrected chi connectivity index (χ2v) is 7.27. The molecule has 6 heteroatoms. The van der Waals surface area contributed by atoms with Crippen LogP contribution >= 0.6 is 15.9 Å². The molecule has 2 aromatic carbocycles. The third-order valence-corrected chi connectivity index (χ3v) is 4.12. The van der Waals surface area contributed by atoms with Crippen LogP contribution in [0.15, 0.2) is 53.0 Å². The van der Waals surface area contributed by atoms with Crippen LogP contribution in [0.2, 0.25) is 0 Å². The van der Waals surface area contributed by atoms with Crippen LogP contribution in [0.3, 0.4) is 0 Å². The Morgan fingerprint density at radius 1 is 1.04 bits per heavy atom. The Balaban J connectivity index is 2.04. The van der Waals surface area contributed by atoms with Gasteiger partial charge in [0.15, 0.2) is 6.10 Å². The zero-order chi connectivity index (χ0) is 19.1. The fourth-order valence-corrected chi connectivity index (χ4v) is 2.45. The molecule has 0 radical (unpaired) electrons. The van der Waals surface area contributed by atoms with Gasteiger partial charge < -0.3 is 15.4 Å². The van der Waals surface area contributed by atoms with Gasteiger partial charge in [0.2, 0.25) is 0 Å². The van der Waals surface area contributed by atoms with Gasteiger partial charge in [0, 0.05) is 11.0 Å². The van der Waals surface area contributed by atoms with Crippen LogP contribution in [0, 0.1) is 5.92 Å². The molecule has 0 saturated carbocycles. The lowest BCUT2D eigenvalue weighted by atomic mass is 10.1. The van der Waals surface area contributed by atoms with Crippen molar-refractivity contribution in [1.29, 1.82) is 0 Å². The third-order valence-electron chi connectivity index (χ3n) is 3.60. The summed E-state index contributed by atoms with van der Waals surface area (Å²) in [4.78, 5) is 24.8. The van der Waals surface area contributed by atoms with E-state index in [0.29, 0.717) is 29.5 Å². The summed E-state index contributed by atoms with van der Waals surface area (Å²) in [5.41, 5.74) is 0.891. The largest absolute Gasteiger partial charge is 0.481 e. The van der Waals surface area contributed by atoms with Crippen LogP contribution in [-0.2, 0) is 4.79 Å². The summed E-state index contributed by atoms with van der Waals surface area (Å²) in [6.45, 7) is 6.28. The number of hydrogen-bond acceptors (Lipinski definition) is 3. The summed E-state index contributed by atoms with van der Waals surface area (Å²) >= 11 is 3.36. The maximum atomic E-state index is 12.4. The van der Waals surface area contributed by atoms with Crippen molar-refractivity contribution >= 4 is 33.4 Å². The molecular formula is C20H23BrN2O3. The molecule has 0 aromatic heterocycles. The SMILES string of the molecule is CC(C)CNC(=O)c1ccccc1NC(=O)[C@@H](C)Oc1ccc(Br)cc1. The van der Waals surface area contributed by atoms with Gasteiger partial charge in [-0.3, -0.25) is 9.59 Å². The monoisotopic (exact) mass is 418 g/mol. The molecule has 2 N–H and O–H groups in total. The maximum absolute atomic E-state index is 12.4. The van der Waals surface area contributed by atoms with Crippen LogP contribution in [0.4, 0.5) is 5.69 Å². The molecule has 2 rings (SSSR count). The number of hydrogen-bond donors (Lipinski definition) is 2. The van der Waals surface area contributed by atoms with E-state index in [1.54, 1.807) is 43.3 Å². The van der Waals surface area contributed by atoms with Crippen LogP contribution in [-0.4, -0.2) is 24.5 Å². The van der Waals surface area contributed by atoms with E-state index in [2.05, 4.69) is 26.6 Å². The summed E-state index contributed by atoms with van der Waals surface area (Å²) in [5.74, 6) is 0.409. The highest BCUT2D eigenvalue weighted by Gasteiger charge is 2.18. The molecule has 2 aromatic rings. The van der Waals surface area contributed by atoms with Crippen molar-refractivity contribution in [1.82, 2.24) is 5.32 Å². The van der Waals surface area contributed by atoms with E-state index >= 15 is 0 Å². The lowest BCUT2D eigenvalue weighted by molar-refractivity contribution is -0.122. The van der Waals surface area contributed by atoms with Crippen molar-refractivity contribution in [2.24, 2.45) is 5.92 Å². The van der Waals surface area contributed by atoms with Gasteiger partial charge in [0.05, 0.1) is 11.3 Å². The van der Waals surface area contributed by atoms with E-state index in [1.807, 2.05) is 26.0 Å². The number of carbonyl (C=O) groups is 2. The van der Waals surface area contributed by atoms with E-state index in [4.69, 9.17) is 4.74 Å². The maximum Gasteiger partial charge on any atom is 0.265 e. The second kappa shape index (κ2) is 9.38. The molecule has 0 aliphatic heterocycles. The molecule has 0 aliphatic carbocycles. The topological polar surface area (TPSA) is 67.4 Å². The number of amides is 2. The molecule has 2 amide bonds. The van der Waals surface area contributed by atoms with Crippen LogP contribution in [0.1, 0.15) is 31.1 Å². The van der Waals surface area contributed by atoms with E-state index < -0.39 is 6.10 Å². The number of rotatable bonds is 7. The minimum absolute atomic E-state index is 0.212. The van der Waals surface area contributed by atoms with Crippen molar-refractivity contribution in [3.05, 3.63) is 58.6 Å². The number of nitrogens with one attached hydrogen (secondary N) is 2. The molecular weight excluding hydrogens is 396 g/mol. The first kappa shape index (κ1) is 20.0. The van der Waals surface area contributed by atoms with Gasteiger partial charge in [-0.1, -0.05) is 41.9 Å². The highest BCUT2D eigenvalue weighted by Crippen LogP contribution is 2.19. The van der Waals surface area contributed by atoms with Gasteiger partial charge in [-0.2, -0.15) is 0 Å². The summed E-state index contributed by atoms with van der Waals surface area (Å²) in [6.07, 6.45) is -0.706. The molecule has 0 fully saturated rings. The van der Waals surface area contributed by atoms with E-state index in [-0.39, 0.29) is 11.8 Å². The number of carbonyl (C=O) groups excluding carboxylic acids is 2. The van der Waals surface area contributed by atoms with Crippen molar-refractivity contribution < 1.29 is 14.3 Å². The Kier molecular flexibility index (Phi) is 7.21. The van der Waals surface area contributed by atoms with Gasteiger partial charge >= 0.3 is 0 Å². The minimum Gasteiger partial charge on any atom is -0.481 e. The summed E-state index contributed by atoms with van der Waals surface area (Å²) in [6, 6.07) is 14.2. The third kappa shape index (κ3) is 5.88. The quantitative estimate of drug-likeness (QED) is 0.706. The standard InChI is InChI=1S/C20H23BrN2O3/c1-13(2)12-22-20(25)17-6-4-5-7-18(17)23-19(24)14(3)26-16-10-8-15(21)9-11-16/h4-11,13-14H,12H2,1-3H3,(H,22,25)(H,23,24)/t14-/m1/s1. The fourth-order valence-electron chi connectivity index (χ4n) is 2.19. The zero-order valence-electron chi connectivity index (χ0n) is 15.1. The molecule has 0 unspecified atom stereocenters. The van der Waals surface area contributed by atoms with E-state index in [9.17, 15) is 9.59 Å². The first-order valence-corrected chi connectivity index (χ1v) is 9.26. The normalized spacial score (nSPS) is 11.7. The van der Waals surface area contributed by atoms with Gasteiger partial charge in [0.25, 0.3) is 11.8 Å². The Hall–Kier alpha value is -2.34. The molecule has 0 saturated heterocycles. The first-order valence-electron chi connectivity index (χ1n) is 8.47. The molecule has 0 spiro atoms. The van der Waals surface area contributed by atoms with Crippen LogP contribution in [0.25, 0.3) is 0 Å². The summed E-state index contributed by atoms with van der Waals surface area (Å²) in [7, 11) is 0. The number of halogens is 1. The average molecular weight is 419 g/mol. The predicted octanol–water partition coefficient (Wildman–Crippen LogP) is 4.24. The Morgan fingerprint density at radius 3 is 2.35 bits per heavy atom. The Bertz CT molecular complexity index is 760. The smallest absolute Gasteiger partial charge is 0.265 e. The highest BCUT2D eigenvalue weighted by molar-refractivity contribution is 9.10. The highest BCUT2D eigenvalue weighted by atomic mass is 79.9. The number of para-hydroxylation sites is 1. The average Bonchev–Trinajstić information content (AvgIpc) is 2.62. The molecule has 138 valence electrons. The molecule has 26 heavy (non-hydrogen) atoms. The summed E-state index contributed by atoms with van der Waals surface area (Å²) < 4.78 is 6.58. The molecule has 0 heterocycles. The molecule has 0 aliphatic rings. The molecule has 0 bridgehead atoms. The number of ether oxygens (including phenoxy) is 1. The number of anilines is 1. The van der Waals surface area contributed by atoms with Crippen LogP contribution < -0.4 is 15.4 Å². The fraction of sp³-hybridized carbons (Fsp3) is 0.300. The number of benzene rings is 2. The van der Waals surface area contributed by atoms with Gasteiger partial charge in [0.1, 0.15) is 5.75 Å². The first-order chi connectivity index (χ1) is 12.4. The lowest BCUT2D eigenvalue weighted by Gasteiger charge is -2.17. The van der Waals surface area contributed by atoms with Gasteiger partial charge in [-0.15, -0.1) is 0 Å². The lowest BCUT2D eigenvalue weighted by Crippen LogP contribution is -2.32. The Morgan fingerprint density at radius 2 is 1.69 bits per heavy atom. The van der Waals surface area contributed by atoms with Crippen molar-refractivity contribution in [2.45, 2.75) is 26.9 Å². The molecule has 5 nitrogen and oxygen atoms in total. The minimum atomic E-state index is -0.706. The zero-order valence-corrected chi connectivity index (χ0v) is 16.7. The Labute approximate surface area is 162 Å². The molecule has 1 atom stereocenters. The van der Waals surface area contributed by atoms with Crippen molar-refractivity contribution in [2.75, 3.05) is 11.9 Å². The second-order valence-electron chi connectivity index (χ2n) is 6.35. The van der Waals surface area contributed by atoms with E-state index in [0.717, 1.165) is 4.47 Å². The van der Waals surface area contributed by atoms with E-state index in [1.165, 1.54) is 0 Å². The van der Waals surface area contributed by atoms with Crippen molar-refractivity contribution in [3.63, 3.8) is 0 Å².